The van der Waals surface area contributed by atoms with Gasteiger partial charge in [0.1, 0.15) is 0 Å². The molecule has 110 valence electrons. The number of likely N-dealkylation sites (N-methyl/N-ethyl adjacent to an activating group) is 1. The Labute approximate surface area is 123 Å². The van der Waals surface area contributed by atoms with Crippen LogP contribution in [0.25, 0.3) is 0 Å². The summed E-state index contributed by atoms with van der Waals surface area (Å²) < 4.78 is 4.86. The molecule has 0 aliphatic heterocycles. The maximum atomic E-state index is 11.9. The van der Waals surface area contributed by atoms with Gasteiger partial charge in [-0.2, -0.15) is 0 Å². The van der Waals surface area contributed by atoms with Gasteiger partial charge in [0.15, 0.2) is 0 Å². The first-order valence-corrected chi connectivity index (χ1v) is 6.86. The van der Waals surface area contributed by atoms with Crippen LogP contribution in [-0.2, 0) is 14.3 Å². The molecule has 0 bridgehead atoms. The highest BCUT2D eigenvalue weighted by Gasteiger charge is 2.13. The minimum absolute atomic E-state index is 0.104. The van der Waals surface area contributed by atoms with Gasteiger partial charge in [-0.3, -0.25) is 14.5 Å². The third-order valence-electron chi connectivity index (χ3n) is 2.58. The fraction of sp³-hybridized carbons (Fsp3) is 0.429. The summed E-state index contributed by atoms with van der Waals surface area (Å²) in [4.78, 5) is 25.0. The first-order chi connectivity index (χ1) is 9.55. The average molecular weight is 299 g/mol. The molecule has 0 heterocycles. The van der Waals surface area contributed by atoms with Gasteiger partial charge in [0.25, 0.3) is 0 Å². The van der Waals surface area contributed by atoms with E-state index in [1.807, 2.05) is 6.92 Å². The quantitative estimate of drug-likeness (QED) is 0.784. The van der Waals surface area contributed by atoms with Gasteiger partial charge in [-0.1, -0.05) is 24.6 Å². The van der Waals surface area contributed by atoms with Crippen molar-refractivity contribution < 1.29 is 14.3 Å². The molecule has 0 saturated carbocycles. The number of ether oxygens (including phenoxy) is 1. The number of amides is 1. The zero-order valence-corrected chi connectivity index (χ0v) is 12.4. The second-order valence-corrected chi connectivity index (χ2v) is 4.60. The standard InChI is InChI=1S/C14H19ClN2O3/c1-3-17(10-14(19)20-4-2)9-13(18)16-12-7-5-6-11(15)8-12/h5-8H,3-4,9-10H2,1-2H3,(H,16,18). The number of hydrogen-bond donors (Lipinski definition) is 1. The summed E-state index contributed by atoms with van der Waals surface area (Å²) in [6, 6.07) is 6.91. The van der Waals surface area contributed by atoms with Gasteiger partial charge in [0.05, 0.1) is 19.7 Å². The van der Waals surface area contributed by atoms with Crippen molar-refractivity contribution in [3.05, 3.63) is 29.3 Å². The minimum Gasteiger partial charge on any atom is -0.465 e. The van der Waals surface area contributed by atoms with Crippen LogP contribution in [0.15, 0.2) is 24.3 Å². The Kier molecular flexibility index (Phi) is 7.04. The highest BCUT2D eigenvalue weighted by molar-refractivity contribution is 6.30. The minimum atomic E-state index is -0.329. The van der Waals surface area contributed by atoms with Crippen LogP contribution in [0.5, 0.6) is 0 Å². The van der Waals surface area contributed by atoms with Crippen molar-refractivity contribution in [2.24, 2.45) is 0 Å². The van der Waals surface area contributed by atoms with Crippen molar-refractivity contribution in [2.75, 3.05) is 31.6 Å². The van der Waals surface area contributed by atoms with Crippen LogP contribution in [0.3, 0.4) is 0 Å². The van der Waals surface area contributed by atoms with E-state index in [0.717, 1.165) is 0 Å². The molecule has 0 saturated heterocycles. The van der Waals surface area contributed by atoms with E-state index in [1.165, 1.54) is 0 Å². The molecule has 20 heavy (non-hydrogen) atoms. The highest BCUT2D eigenvalue weighted by Crippen LogP contribution is 2.14. The van der Waals surface area contributed by atoms with Gasteiger partial charge < -0.3 is 10.1 Å². The predicted molar refractivity (Wildman–Crippen MR) is 78.8 cm³/mol. The molecule has 1 aromatic carbocycles. The summed E-state index contributed by atoms with van der Waals surface area (Å²) in [5.74, 6) is -0.525. The molecule has 0 unspecified atom stereocenters. The van der Waals surface area contributed by atoms with Crippen LogP contribution in [0, 0.1) is 0 Å². The molecule has 0 spiro atoms. The fourth-order valence-corrected chi connectivity index (χ4v) is 1.83. The van der Waals surface area contributed by atoms with Gasteiger partial charge in [0, 0.05) is 10.7 Å². The van der Waals surface area contributed by atoms with Gasteiger partial charge >= 0.3 is 5.97 Å². The Balaban J connectivity index is 2.48. The van der Waals surface area contributed by atoms with Crippen molar-refractivity contribution in [3.8, 4) is 0 Å². The molecule has 1 aromatic rings. The highest BCUT2D eigenvalue weighted by atomic mass is 35.5. The monoisotopic (exact) mass is 298 g/mol. The number of hydrogen-bond acceptors (Lipinski definition) is 4. The van der Waals surface area contributed by atoms with Gasteiger partial charge in [-0.05, 0) is 31.7 Å². The maximum absolute atomic E-state index is 11.9. The van der Waals surface area contributed by atoms with E-state index in [0.29, 0.717) is 23.9 Å². The van der Waals surface area contributed by atoms with Gasteiger partial charge in [-0.25, -0.2) is 0 Å². The van der Waals surface area contributed by atoms with E-state index in [2.05, 4.69) is 5.32 Å². The molecule has 0 fully saturated rings. The summed E-state index contributed by atoms with van der Waals surface area (Å²) in [7, 11) is 0. The number of nitrogens with zero attached hydrogens (tertiary/aromatic N) is 1. The van der Waals surface area contributed by atoms with Crippen molar-refractivity contribution in [1.82, 2.24) is 4.90 Å². The molecule has 1 N–H and O–H groups in total. The lowest BCUT2D eigenvalue weighted by Crippen LogP contribution is -2.37. The van der Waals surface area contributed by atoms with Crippen molar-refractivity contribution in [3.63, 3.8) is 0 Å². The van der Waals surface area contributed by atoms with Gasteiger partial charge in [-0.15, -0.1) is 0 Å². The summed E-state index contributed by atoms with van der Waals surface area (Å²) in [5.41, 5.74) is 0.634. The van der Waals surface area contributed by atoms with Crippen LogP contribution < -0.4 is 5.32 Å². The molecule has 5 nitrogen and oxygen atoms in total. The summed E-state index contributed by atoms with van der Waals surface area (Å²) in [6.45, 7) is 4.79. The van der Waals surface area contributed by atoms with Crippen LogP contribution in [0.4, 0.5) is 5.69 Å². The predicted octanol–water partition coefficient (Wildman–Crippen LogP) is 2.16. The number of benzene rings is 1. The molecule has 1 rings (SSSR count). The van der Waals surface area contributed by atoms with E-state index >= 15 is 0 Å². The van der Waals surface area contributed by atoms with Crippen LogP contribution >= 0.6 is 11.6 Å². The van der Waals surface area contributed by atoms with E-state index in [4.69, 9.17) is 16.3 Å². The smallest absolute Gasteiger partial charge is 0.320 e. The lowest BCUT2D eigenvalue weighted by Gasteiger charge is -2.18. The Bertz CT molecular complexity index is 465. The Morgan fingerprint density at radius 2 is 2.05 bits per heavy atom. The molecular formula is C14H19ClN2O3. The van der Waals surface area contributed by atoms with E-state index in [-0.39, 0.29) is 25.0 Å². The molecule has 1 amide bonds. The fourth-order valence-electron chi connectivity index (χ4n) is 1.64. The molecular weight excluding hydrogens is 280 g/mol. The van der Waals surface area contributed by atoms with Crippen LogP contribution in [0.1, 0.15) is 13.8 Å². The molecule has 0 aliphatic rings. The number of rotatable bonds is 7. The molecule has 0 atom stereocenters. The first-order valence-electron chi connectivity index (χ1n) is 6.48. The first kappa shape index (κ1) is 16.5. The molecule has 0 radical (unpaired) electrons. The zero-order valence-electron chi connectivity index (χ0n) is 11.7. The molecule has 0 aromatic heterocycles. The number of anilines is 1. The number of carbonyl (C=O) groups is 2. The van der Waals surface area contributed by atoms with E-state index in [9.17, 15) is 9.59 Å². The van der Waals surface area contributed by atoms with Crippen molar-refractivity contribution >= 4 is 29.2 Å². The third-order valence-corrected chi connectivity index (χ3v) is 2.82. The number of nitrogens with one attached hydrogen (secondary N) is 1. The van der Waals surface area contributed by atoms with E-state index < -0.39 is 0 Å². The lowest BCUT2D eigenvalue weighted by atomic mass is 10.3. The average Bonchev–Trinajstić information content (AvgIpc) is 2.38. The third kappa shape index (κ3) is 6.04. The largest absolute Gasteiger partial charge is 0.465 e. The SMILES string of the molecule is CCOC(=O)CN(CC)CC(=O)Nc1cccc(Cl)c1. The lowest BCUT2D eigenvalue weighted by molar-refractivity contribution is -0.144. The van der Waals surface area contributed by atoms with Crippen LogP contribution in [0.2, 0.25) is 5.02 Å². The Morgan fingerprint density at radius 3 is 2.65 bits per heavy atom. The topological polar surface area (TPSA) is 58.6 Å². The number of carbonyl (C=O) groups excluding carboxylic acids is 2. The molecule has 6 heteroatoms. The Hall–Kier alpha value is -1.59. The summed E-state index contributed by atoms with van der Waals surface area (Å²) >= 11 is 5.84. The van der Waals surface area contributed by atoms with Crippen LogP contribution in [-0.4, -0.2) is 43.0 Å². The number of halogens is 1. The normalized spacial score (nSPS) is 10.4. The maximum Gasteiger partial charge on any atom is 0.320 e. The second kappa shape index (κ2) is 8.55. The van der Waals surface area contributed by atoms with E-state index in [1.54, 1.807) is 36.1 Å². The zero-order chi connectivity index (χ0) is 15.0. The Morgan fingerprint density at radius 1 is 1.30 bits per heavy atom. The summed E-state index contributed by atoms with van der Waals surface area (Å²) in [6.07, 6.45) is 0. The van der Waals surface area contributed by atoms with Crippen molar-refractivity contribution in [2.45, 2.75) is 13.8 Å². The summed E-state index contributed by atoms with van der Waals surface area (Å²) in [5, 5.41) is 3.29. The van der Waals surface area contributed by atoms with Gasteiger partial charge in [0.2, 0.25) is 5.91 Å². The second-order valence-electron chi connectivity index (χ2n) is 4.17. The number of esters is 1. The molecule has 0 aliphatic carbocycles. The van der Waals surface area contributed by atoms with Crippen molar-refractivity contribution in [1.29, 1.82) is 0 Å².